The third kappa shape index (κ3) is 3.06. The highest BCUT2D eigenvalue weighted by atomic mass is 127. The van der Waals surface area contributed by atoms with E-state index in [1.165, 1.54) is 22.6 Å². The van der Waals surface area contributed by atoms with Crippen LogP contribution < -0.4 is 0 Å². The molecule has 0 saturated heterocycles. The summed E-state index contributed by atoms with van der Waals surface area (Å²) in [7, 11) is 0. The Balaban J connectivity index is 3.33. The molecule has 0 aliphatic carbocycles. The lowest BCUT2D eigenvalue weighted by atomic mass is 10.0. The summed E-state index contributed by atoms with van der Waals surface area (Å²) in [5.74, 6) is -2.30. The van der Waals surface area contributed by atoms with Crippen LogP contribution in [-0.4, -0.2) is 11.1 Å². The Bertz CT molecular complexity index is 428. The summed E-state index contributed by atoms with van der Waals surface area (Å²) in [6.07, 6.45) is -5.54. The standard InChI is InChI=1S/C9H5F4IO2/c10-6-1-4(2-8(15)16)5(3-7(6)14)9(11,12)13/h1,3H,2H2,(H,15,16). The van der Waals surface area contributed by atoms with E-state index in [0.717, 1.165) is 0 Å². The fraction of sp³-hybridized carbons (Fsp3) is 0.222. The van der Waals surface area contributed by atoms with Crippen molar-refractivity contribution in [3.8, 4) is 0 Å². The van der Waals surface area contributed by atoms with Gasteiger partial charge in [0, 0.05) is 3.57 Å². The number of rotatable bonds is 2. The molecule has 0 saturated carbocycles. The van der Waals surface area contributed by atoms with Gasteiger partial charge in [0.05, 0.1) is 12.0 Å². The average Bonchev–Trinajstić information content (AvgIpc) is 2.08. The molecule has 1 N–H and O–H groups in total. The van der Waals surface area contributed by atoms with Crippen LogP contribution in [0.1, 0.15) is 11.1 Å². The summed E-state index contributed by atoms with van der Waals surface area (Å²) in [5.41, 5.74) is -1.68. The second-order valence-corrected chi connectivity index (χ2v) is 4.15. The van der Waals surface area contributed by atoms with Gasteiger partial charge in [-0.15, -0.1) is 0 Å². The minimum absolute atomic E-state index is 0.195. The Hall–Kier alpha value is -0.860. The monoisotopic (exact) mass is 348 g/mol. The number of aliphatic carboxylic acids is 1. The van der Waals surface area contributed by atoms with Gasteiger partial charge >= 0.3 is 12.1 Å². The lowest BCUT2D eigenvalue weighted by Crippen LogP contribution is -2.13. The quantitative estimate of drug-likeness (QED) is 0.659. The van der Waals surface area contributed by atoms with Gasteiger partial charge in [-0.1, -0.05) is 0 Å². The molecule has 7 heteroatoms. The van der Waals surface area contributed by atoms with Crippen molar-refractivity contribution < 1.29 is 27.5 Å². The van der Waals surface area contributed by atoms with Gasteiger partial charge in [0.2, 0.25) is 0 Å². The third-order valence-corrected chi connectivity index (χ3v) is 2.62. The van der Waals surface area contributed by atoms with Gasteiger partial charge in [-0.05, 0) is 40.3 Å². The molecule has 16 heavy (non-hydrogen) atoms. The fourth-order valence-electron chi connectivity index (χ4n) is 1.16. The zero-order valence-corrected chi connectivity index (χ0v) is 9.76. The van der Waals surface area contributed by atoms with Gasteiger partial charge < -0.3 is 5.11 Å². The minimum atomic E-state index is -4.68. The van der Waals surface area contributed by atoms with E-state index >= 15 is 0 Å². The van der Waals surface area contributed by atoms with Crippen molar-refractivity contribution in [2.75, 3.05) is 0 Å². The number of carbonyl (C=O) groups is 1. The first-order valence-corrected chi connectivity index (χ1v) is 5.06. The summed E-state index contributed by atoms with van der Waals surface area (Å²) < 4.78 is 50.3. The van der Waals surface area contributed by atoms with Crippen LogP contribution in [0.5, 0.6) is 0 Å². The van der Waals surface area contributed by atoms with Crippen molar-refractivity contribution in [3.05, 3.63) is 32.6 Å². The van der Waals surface area contributed by atoms with Gasteiger partial charge in [0.1, 0.15) is 5.82 Å². The lowest BCUT2D eigenvalue weighted by molar-refractivity contribution is -0.139. The van der Waals surface area contributed by atoms with Gasteiger partial charge in [-0.2, -0.15) is 13.2 Å². The van der Waals surface area contributed by atoms with E-state index in [0.29, 0.717) is 12.1 Å². The number of carboxylic acid groups (broad SMARTS) is 1. The SMILES string of the molecule is O=C(O)Cc1cc(F)c(I)cc1C(F)(F)F. The molecule has 0 fully saturated rings. The molecule has 1 aromatic carbocycles. The highest BCUT2D eigenvalue weighted by Crippen LogP contribution is 2.34. The molecule has 0 unspecified atom stereocenters. The van der Waals surface area contributed by atoms with Crippen LogP contribution in [0.25, 0.3) is 0 Å². The molecule has 1 rings (SSSR count). The molecule has 0 aliphatic rings. The largest absolute Gasteiger partial charge is 0.481 e. The van der Waals surface area contributed by atoms with Crippen molar-refractivity contribution in [2.24, 2.45) is 0 Å². The number of alkyl halides is 3. The minimum Gasteiger partial charge on any atom is -0.481 e. The van der Waals surface area contributed by atoms with Crippen molar-refractivity contribution in [1.29, 1.82) is 0 Å². The zero-order valence-electron chi connectivity index (χ0n) is 7.61. The van der Waals surface area contributed by atoms with Gasteiger partial charge in [0.25, 0.3) is 0 Å². The number of carboxylic acids is 1. The van der Waals surface area contributed by atoms with Crippen molar-refractivity contribution >= 4 is 28.6 Å². The third-order valence-electron chi connectivity index (χ3n) is 1.79. The summed E-state index contributed by atoms with van der Waals surface area (Å²) in [6.45, 7) is 0. The highest BCUT2D eigenvalue weighted by molar-refractivity contribution is 14.1. The first-order valence-electron chi connectivity index (χ1n) is 3.98. The highest BCUT2D eigenvalue weighted by Gasteiger charge is 2.34. The maximum absolute atomic E-state index is 13.0. The predicted molar refractivity (Wildman–Crippen MR) is 55.5 cm³/mol. The van der Waals surface area contributed by atoms with E-state index in [4.69, 9.17) is 5.11 Å². The zero-order chi connectivity index (χ0) is 12.5. The summed E-state index contributed by atoms with van der Waals surface area (Å²) in [4.78, 5) is 10.4. The van der Waals surface area contributed by atoms with Crippen LogP contribution in [0, 0.1) is 9.39 Å². The molecule has 0 aliphatic heterocycles. The van der Waals surface area contributed by atoms with E-state index < -0.39 is 35.5 Å². The van der Waals surface area contributed by atoms with Crippen LogP contribution in [0.3, 0.4) is 0 Å². The maximum Gasteiger partial charge on any atom is 0.416 e. The van der Waals surface area contributed by atoms with Gasteiger partial charge in [-0.3, -0.25) is 4.79 Å². The Kier molecular flexibility index (Phi) is 3.76. The molecule has 0 radical (unpaired) electrons. The van der Waals surface area contributed by atoms with E-state index in [-0.39, 0.29) is 3.57 Å². The number of hydrogen-bond donors (Lipinski definition) is 1. The van der Waals surface area contributed by atoms with E-state index in [9.17, 15) is 22.4 Å². The van der Waals surface area contributed by atoms with Crippen LogP contribution >= 0.6 is 22.6 Å². The topological polar surface area (TPSA) is 37.3 Å². The Morgan fingerprint density at radius 3 is 2.38 bits per heavy atom. The van der Waals surface area contributed by atoms with E-state index in [1.807, 2.05) is 0 Å². The van der Waals surface area contributed by atoms with Crippen LogP contribution in [0.4, 0.5) is 17.6 Å². The smallest absolute Gasteiger partial charge is 0.416 e. The molecule has 0 atom stereocenters. The van der Waals surface area contributed by atoms with E-state index in [1.54, 1.807) is 0 Å². The second-order valence-electron chi connectivity index (χ2n) is 2.99. The first-order chi connectivity index (χ1) is 7.21. The molecule has 2 nitrogen and oxygen atoms in total. The molecule has 0 heterocycles. The Morgan fingerprint density at radius 1 is 1.38 bits per heavy atom. The van der Waals surface area contributed by atoms with Crippen LogP contribution in [0.2, 0.25) is 0 Å². The van der Waals surface area contributed by atoms with Gasteiger partial charge in [0.15, 0.2) is 0 Å². The maximum atomic E-state index is 13.0. The summed E-state index contributed by atoms with van der Waals surface area (Å²) >= 11 is 1.42. The predicted octanol–water partition coefficient (Wildman–Crippen LogP) is 3.08. The van der Waals surface area contributed by atoms with Crippen molar-refractivity contribution in [3.63, 3.8) is 0 Å². The van der Waals surface area contributed by atoms with Crippen LogP contribution in [-0.2, 0) is 17.4 Å². The normalized spacial score (nSPS) is 11.6. The molecular formula is C9H5F4IO2. The second kappa shape index (κ2) is 4.56. The molecular weight excluding hydrogens is 343 g/mol. The van der Waals surface area contributed by atoms with Crippen molar-refractivity contribution in [1.82, 2.24) is 0 Å². The molecule has 0 aromatic heterocycles. The Labute approximate surface area is 101 Å². The average molecular weight is 348 g/mol. The first kappa shape index (κ1) is 13.2. The number of hydrogen-bond acceptors (Lipinski definition) is 1. The lowest BCUT2D eigenvalue weighted by Gasteiger charge is -2.12. The molecule has 88 valence electrons. The molecule has 0 amide bonds. The molecule has 0 spiro atoms. The number of benzene rings is 1. The summed E-state index contributed by atoms with van der Waals surface area (Å²) in [5, 5.41) is 8.43. The molecule has 1 aromatic rings. The van der Waals surface area contributed by atoms with Crippen molar-refractivity contribution in [2.45, 2.75) is 12.6 Å². The number of halogens is 5. The molecule has 0 bridgehead atoms. The van der Waals surface area contributed by atoms with Crippen LogP contribution in [0.15, 0.2) is 12.1 Å². The fourth-order valence-corrected chi connectivity index (χ4v) is 1.63. The summed E-state index contributed by atoms with van der Waals surface area (Å²) in [6, 6.07) is 1.22. The van der Waals surface area contributed by atoms with Gasteiger partial charge in [-0.25, -0.2) is 4.39 Å². The Morgan fingerprint density at radius 2 is 1.94 bits per heavy atom. The van der Waals surface area contributed by atoms with E-state index in [2.05, 4.69) is 0 Å².